The SMILES string of the molecule is CCCCCCCNC(=O)c1ccc(C(C)=O)cc1. The second-order valence-electron chi connectivity index (χ2n) is 4.80. The minimum absolute atomic E-state index is 0.0166. The van der Waals surface area contributed by atoms with Crippen LogP contribution in [-0.2, 0) is 0 Å². The average Bonchev–Trinajstić information content (AvgIpc) is 2.42. The molecule has 0 unspecified atom stereocenters. The summed E-state index contributed by atoms with van der Waals surface area (Å²) in [5.41, 5.74) is 1.25. The summed E-state index contributed by atoms with van der Waals surface area (Å²) in [6, 6.07) is 6.78. The Hall–Kier alpha value is -1.64. The highest BCUT2D eigenvalue weighted by Crippen LogP contribution is 2.06. The Balaban J connectivity index is 2.31. The summed E-state index contributed by atoms with van der Waals surface area (Å²) in [6.07, 6.45) is 5.92. The van der Waals surface area contributed by atoms with Crippen LogP contribution in [0, 0.1) is 0 Å². The van der Waals surface area contributed by atoms with Crippen molar-refractivity contribution in [3.63, 3.8) is 0 Å². The number of carbonyl (C=O) groups is 2. The van der Waals surface area contributed by atoms with Gasteiger partial charge in [-0.15, -0.1) is 0 Å². The van der Waals surface area contributed by atoms with Gasteiger partial charge in [0.15, 0.2) is 5.78 Å². The molecule has 0 atom stereocenters. The largest absolute Gasteiger partial charge is 0.352 e. The molecule has 0 aliphatic heterocycles. The van der Waals surface area contributed by atoms with Crippen molar-refractivity contribution < 1.29 is 9.59 Å². The van der Waals surface area contributed by atoms with Crippen LogP contribution in [0.25, 0.3) is 0 Å². The monoisotopic (exact) mass is 261 g/mol. The summed E-state index contributed by atoms with van der Waals surface area (Å²) in [4.78, 5) is 22.9. The van der Waals surface area contributed by atoms with Gasteiger partial charge in [0.25, 0.3) is 5.91 Å². The van der Waals surface area contributed by atoms with Crippen LogP contribution in [0.15, 0.2) is 24.3 Å². The maximum absolute atomic E-state index is 11.8. The summed E-state index contributed by atoms with van der Waals surface area (Å²) in [5.74, 6) is -0.0477. The molecular formula is C16H23NO2. The van der Waals surface area contributed by atoms with E-state index in [0.717, 1.165) is 19.4 Å². The number of benzene rings is 1. The van der Waals surface area contributed by atoms with Gasteiger partial charge >= 0.3 is 0 Å². The number of nitrogens with one attached hydrogen (secondary N) is 1. The first-order valence-corrected chi connectivity index (χ1v) is 7.04. The van der Waals surface area contributed by atoms with Gasteiger partial charge in [0.1, 0.15) is 0 Å². The molecule has 0 aliphatic carbocycles. The van der Waals surface area contributed by atoms with E-state index in [1.165, 1.54) is 26.2 Å². The van der Waals surface area contributed by atoms with Gasteiger partial charge in [-0.25, -0.2) is 0 Å². The van der Waals surface area contributed by atoms with Gasteiger partial charge in [0, 0.05) is 17.7 Å². The predicted molar refractivity (Wildman–Crippen MR) is 77.5 cm³/mol. The fourth-order valence-electron chi connectivity index (χ4n) is 1.89. The number of hydrogen-bond donors (Lipinski definition) is 1. The number of carbonyl (C=O) groups excluding carboxylic acids is 2. The maximum atomic E-state index is 11.8. The quantitative estimate of drug-likeness (QED) is 0.574. The normalized spacial score (nSPS) is 10.2. The van der Waals surface area contributed by atoms with Crippen molar-refractivity contribution in [3.05, 3.63) is 35.4 Å². The maximum Gasteiger partial charge on any atom is 0.251 e. The number of Topliss-reactive ketones (excluding diaryl/α,β-unsaturated/α-hetero) is 1. The summed E-state index contributed by atoms with van der Waals surface area (Å²) in [7, 11) is 0. The third-order valence-electron chi connectivity index (χ3n) is 3.12. The molecule has 104 valence electrons. The van der Waals surface area contributed by atoms with Crippen molar-refractivity contribution in [3.8, 4) is 0 Å². The first-order chi connectivity index (χ1) is 9.15. The summed E-state index contributed by atoms with van der Waals surface area (Å²) < 4.78 is 0. The summed E-state index contributed by atoms with van der Waals surface area (Å²) in [6.45, 7) is 4.43. The molecule has 1 aromatic rings. The second-order valence-corrected chi connectivity index (χ2v) is 4.80. The topological polar surface area (TPSA) is 46.2 Å². The Morgan fingerprint density at radius 2 is 1.53 bits per heavy atom. The first kappa shape index (κ1) is 15.4. The summed E-state index contributed by atoms with van der Waals surface area (Å²) in [5, 5.41) is 2.90. The second kappa shape index (κ2) is 8.46. The number of unbranched alkanes of at least 4 members (excludes halogenated alkanes) is 4. The number of amides is 1. The zero-order valence-electron chi connectivity index (χ0n) is 11.9. The molecule has 0 aliphatic rings. The number of hydrogen-bond acceptors (Lipinski definition) is 2. The molecule has 1 N–H and O–H groups in total. The Morgan fingerprint density at radius 3 is 2.11 bits per heavy atom. The Bertz CT molecular complexity index is 409. The highest BCUT2D eigenvalue weighted by molar-refractivity contribution is 5.97. The molecule has 1 aromatic carbocycles. The smallest absolute Gasteiger partial charge is 0.251 e. The molecule has 0 radical (unpaired) electrons. The molecule has 0 heterocycles. The molecule has 1 rings (SSSR count). The van der Waals surface area contributed by atoms with Gasteiger partial charge in [-0.1, -0.05) is 44.7 Å². The fraction of sp³-hybridized carbons (Fsp3) is 0.500. The van der Waals surface area contributed by atoms with E-state index in [0.29, 0.717) is 11.1 Å². The number of rotatable bonds is 8. The lowest BCUT2D eigenvalue weighted by atomic mass is 10.1. The first-order valence-electron chi connectivity index (χ1n) is 7.04. The van der Waals surface area contributed by atoms with Gasteiger partial charge in [0.05, 0.1) is 0 Å². The van der Waals surface area contributed by atoms with E-state index in [1.54, 1.807) is 24.3 Å². The van der Waals surface area contributed by atoms with E-state index >= 15 is 0 Å². The van der Waals surface area contributed by atoms with E-state index in [4.69, 9.17) is 0 Å². The summed E-state index contributed by atoms with van der Waals surface area (Å²) >= 11 is 0. The van der Waals surface area contributed by atoms with Crippen LogP contribution in [0.4, 0.5) is 0 Å². The lowest BCUT2D eigenvalue weighted by molar-refractivity contribution is 0.0950. The molecule has 1 amide bonds. The zero-order chi connectivity index (χ0) is 14.1. The van der Waals surface area contributed by atoms with E-state index in [-0.39, 0.29) is 11.7 Å². The molecule has 0 aromatic heterocycles. The Labute approximate surface area is 115 Å². The fourth-order valence-corrected chi connectivity index (χ4v) is 1.89. The van der Waals surface area contributed by atoms with Crippen LogP contribution in [0.3, 0.4) is 0 Å². The van der Waals surface area contributed by atoms with Crippen molar-refractivity contribution >= 4 is 11.7 Å². The van der Waals surface area contributed by atoms with E-state index in [2.05, 4.69) is 12.2 Å². The molecule has 0 saturated carbocycles. The van der Waals surface area contributed by atoms with Crippen molar-refractivity contribution in [2.24, 2.45) is 0 Å². The van der Waals surface area contributed by atoms with E-state index < -0.39 is 0 Å². The van der Waals surface area contributed by atoms with E-state index in [1.807, 2.05) is 0 Å². The molecule has 3 nitrogen and oxygen atoms in total. The van der Waals surface area contributed by atoms with Gasteiger partial charge in [-0.05, 0) is 25.5 Å². The molecule has 0 bridgehead atoms. The van der Waals surface area contributed by atoms with Crippen molar-refractivity contribution in [1.29, 1.82) is 0 Å². The van der Waals surface area contributed by atoms with E-state index in [9.17, 15) is 9.59 Å². The van der Waals surface area contributed by atoms with Gasteiger partial charge in [0.2, 0.25) is 0 Å². The Kier molecular flexibility index (Phi) is 6.86. The van der Waals surface area contributed by atoms with Crippen molar-refractivity contribution in [1.82, 2.24) is 5.32 Å². The minimum atomic E-state index is -0.0643. The van der Waals surface area contributed by atoms with Crippen molar-refractivity contribution in [2.45, 2.75) is 46.0 Å². The van der Waals surface area contributed by atoms with Crippen molar-refractivity contribution in [2.75, 3.05) is 6.54 Å². The standard InChI is InChI=1S/C16H23NO2/c1-3-4-5-6-7-12-17-16(19)15-10-8-14(9-11-15)13(2)18/h8-11H,3-7,12H2,1-2H3,(H,17,19). The molecule has 0 fully saturated rings. The van der Waals surface area contributed by atoms with Gasteiger partial charge in [-0.3, -0.25) is 9.59 Å². The third-order valence-corrected chi connectivity index (χ3v) is 3.12. The Morgan fingerprint density at radius 1 is 0.947 bits per heavy atom. The molecule has 3 heteroatoms. The minimum Gasteiger partial charge on any atom is -0.352 e. The molecule has 0 spiro atoms. The van der Waals surface area contributed by atoms with Gasteiger partial charge < -0.3 is 5.32 Å². The zero-order valence-corrected chi connectivity index (χ0v) is 11.9. The molecular weight excluding hydrogens is 238 g/mol. The van der Waals surface area contributed by atoms with Crippen LogP contribution in [0.2, 0.25) is 0 Å². The lowest BCUT2D eigenvalue weighted by Crippen LogP contribution is -2.24. The molecule has 0 saturated heterocycles. The average molecular weight is 261 g/mol. The predicted octanol–water partition coefficient (Wildman–Crippen LogP) is 3.59. The number of ketones is 1. The van der Waals surface area contributed by atoms with Crippen LogP contribution >= 0.6 is 0 Å². The van der Waals surface area contributed by atoms with Crippen LogP contribution in [-0.4, -0.2) is 18.2 Å². The lowest BCUT2D eigenvalue weighted by Gasteiger charge is -2.05. The highest BCUT2D eigenvalue weighted by atomic mass is 16.1. The van der Waals surface area contributed by atoms with Crippen LogP contribution < -0.4 is 5.32 Å². The van der Waals surface area contributed by atoms with Crippen LogP contribution in [0.1, 0.15) is 66.7 Å². The highest BCUT2D eigenvalue weighted by Gasteiger charge is 2.05. The van der Waals surface area contributed by atoms with Gasteiger partial charge in [-0.2, -0.15) is 0 Å². The van der Waals surface area contributed by atoms with Crippen LogP contribution in [0.5, 0.6) is 0 Å². The third kappa shape index (κ3) is 5.69. The molecule has 19 heavy (non-hydrogen) atoms.